The molecule has 6 heteroatoms. The molecule has 1 rings (SSSR count). The molecule has 1 N–H and O–H groups in total. The van der Waals surface area contributed by atoms with Crippen LogP contribution in [-0.2, 0) is 20.0 Å². The van der Waals surface area contributed by atoms with E-state index in [0.717, 1.165) is 23.6 Å². The van der Waals surface area contributed by atoms with E-state index in [0.29, 0.717) is 6.42 Å². The fourth-order valence-corrected chi connectivity index (χ4v) is 1.89. The lowest BCUT2D eigenvalue weighted by molar-refractivity contribution is 0.172. The summed E-state index contributed by atoms with van der Waals surface area (Å²) in [7, 11) is -2.66. The number of rotatable bonds is 6. The van der Waals surface area contributed by atoms with Gasteiger partial charge in [-0.1, -0.05) is 28.1 Å². The summed E-state index contributed by atoms with van der Waals surface area (Å²) < 4.78 is 21.0. The number of hydrogen-bond donors (Lipinski definition) is 1. The van der Waals surface area contributed by atoms with Crippen LogP contribution in [0, 0.1) is 0 Å². The lowest BCUT2D eigenvalue weighted by Gasteiger charge is -2.08. The Hall–Kier alpha value is -0.190. The van der Waals surface area contributed by atoms with Crippen molar-refractivity contribution in [3.63, 3.8) is 0 Å². The number of halogens is 1. The number of phosphoric ester groups is 1. The first-order valence-corrected chi connectivity index (χ1v) is 7.10. The largest absolute Gasteiger partial charge is 0.471 e. The van der Waals surface area contributed by atoms with Gasteiger partial charge in [-0.3, -0.25) is 9.05 Å². The molecule has 0 aliphatic rings. The molecule has 0 aliphatic heterocycles. The van der Waals surface area contributed by atoms with E-state index < -0.39 is 7.82 Å². The minimum Gasteiger partial charge on any atom is -0.303 e. The molecule has 1 aromatic rings. The van der Waals surface area contributed by atoms with Crippen molar-refractivity contribution in [2.75, 3.05) is 13.7 Å². The summed E-state index contributed by atoms with van der Waals surface area (Å²) >= 11 is 3.35. The van der Waals surface area contributed by atoms with E-state index in [2.05, 4.69) is 20.5 Å². The molecule has 1 atom stereocenters. The molecule has 0 saturated heterocycles. The molecule has 16 heavy (non-hydrogen) atoms. The predicted molar refractivity (Wildman–Crippen MR) is 65.2 cm³/mol. The summed E-state index contributed by atoms with van der Waals surface area (Å²) in [6.07, 6.45) is 1.48. The molecule has 0 saturated carbocycles. The standard InChI is InChI=1S/C10H14BrO4P/c1-14-16(12,13)15-8-2-3-9-4-6-10(11)7-5-9/h4-7H,2-3,8H2,1H3,(H,12,13). The zero-order valence-electron chi connectivity index (χ0n) is 8.93. The molecular weight excluding hydrogens is 295 g/mol. The summed E-state index contributed by atoms with van der Waals surface area (Å²) in [5.41, 5.74) is 1.16. The van der Waals surface area contributed by atoms with Gasteiger partial charge < -0.3 is 4.89 Å². The molecule has 90 valence electrons. The Bertz CT molecular complexity index is 366. The summed E-state index contributed by atoms with van der Waals surface area (Å²) in [5, 5.41) is 0. The first kappa shape index (κ1) is 13.9. The van der Waals surface area contributed by atoms with Gasteiger partial charge in [0.1, 0.15) is 0 Å². The van der Waals surface area contributed by atoms with Crippen LogP contribution in [0.4, 0.5) is 0 Å². The summed E-state index contributed by atoms with van der Waals surface area (Å²) in [6.45, 7) is 0.206. The Morgan fingerprint density at radius 2 is 2.00 bits per heavy atom. The zero-order chi connectivity index (χ0) is 12.0. The lowest BCUT2D eigenvalue weighted by atomic mass is 10.1. The number of aryl methyl sites for hydroxylation is 1. The van der Waals surface area contributed by atoms with E-state index >= 15 is 0 Å². The second-order valence-electron chi connectivity index (χ2n) is 3.21. The van der Waals surface area contributed by atoms with Crippen molar-refractivity contribution in [3.05, 3.63) is 34.3 Å². The van der Waals surface area contributed by atoms with E-state index in [-0.39, 0.29) is 6.61 Å². The quantitative estimate of drug-likeness (QED) is 0.648. The Kier molecular flexibility index (Phi) is 5.66. The van der Waals surface area contributed by atoms with E-state index in [9.17, 15) is 4.57 Å². The van der Waals surface area contributed by atoms with Crippen LogP contribution in [0.1, 0.15) is 12.0 Å². The van der Waals surface area contributed by atoms with Crippen molar-refractivity contribution in [1.82, 2.24) is 0 Å². The highest BCUT2D eigenvalue weighted by atomic mass is 79.9. The van der Waals surface area contributed by atoms with E-state index in [1.54, 1.807) is 0 Å². The van der Waals surface area contributed by atoms with Crippen LogP contribution in [0.3, 0.4) is 0 Å². The molecule has 0 radical (unpaired) electrons. The smallest absolute Gasteiger partial charge is 0.303 e. The van der Waals surface area contributed by atoms with Gasteiger partial charge in [-0.15, -0.1) is 0 Å². The van der Waals surface area contributed by atoms with E-state index in [4.69, 9.17) is 9.42 Å². The van der Waals surface area contributed by atoms with Crippen LogP contribution in [0.25, 0.3) is 0 Å². The van der Waals surface area contributed by atoms with Gasteiger partial charge in [0.25, 0.3) is 0 Å². The maximum Gasteiger partial charge on any atom is 0.471 e. The molecule has 1 aromatic carbocycles. The molecule has 0 fully saturated rings. The first-order valence-electron chi connectivity index (χ1n) is 4.81. The van der Waals surface area contributed by atoms with Gasteiger partial charge in [0.2, 0.25) is 0 Å². The van der Waals surface area contributed by atoms with Crippen molar-refractivity contribution in [2.24, 2.45) is 0 Å². The van der Waals surface area contributed by atoms with E-state index in [1.807, 2.05) is 24.3 Å². The van der Waals surface area contributed by atoms with Gasteiger partial charge >= 0.3 is 7.82 Å². The Morgan fingerprint density at radius 1 is 1.38 bits per heavy atom. The van der Waals surface area contributed by atoms with Crippen molar-refractivity contribution in [2.45, 2.75) is 12.8 Å². The third kappa shape index (κ3) is 5.23. The van der Waals surface area contributed by atoms with Gasteiger partial charge in [0, 0.05) is 11.6 Å². The SMILES string of the molecule is COP(=O)(O)OCCCc1ccc(Br)cc1. The molecule has 0 heterocycles. The zero-order valence-corrected chi connectivity index (χ0v) is 11.4. The lowest BCUT2D eigenvalue weighted by Crippen LogP contribution is -1.96. The van der Waals surface area contributed by atoms with E-state index in [1.165, 1.54) is 0 Å². The topological polar surface area (TPSA) is 55.8 Å². The molecule has 0 spiro atoms. The van der Waals surface area contributed by atoms with Crippen LogP contribution in [-0.4, -0.2) is 18.6 Å². The average molecular weight is 309 g/mol. The minimum absolute atomic E-state index is 0.206. The van der Waals surface area contributed by atoms with Gasteiger partial charge in [0.15, 0.2) is 0 Å². The van der Waals surface area contributed by atoms with Gasteiger partial charge in [-0.25, -0.2) is 4.57 Å². The first-order chi connectivity index (χ1) is 7.53. The molecule has 0 aliphatic carbocycles. The van der Waals surface area contributed by atoms with Crippen LogP contribution < -0.4 is 0 Å². The Morgan fingerprint density at radius 3 is 2.56 bits per heavy atom. The van der Waals surface area contributed by atoms with Crippen molar-refractivity contribution >= 4 is 23.8 Å². The van der Waals surface area contributed by atoms with Crippen LogP contribution in [0.2, 0.25) is 0 Å². The highest BCUT2D eigenvalue weighted by molar-refractivity contribution is 9.10. The third-order valence-corrected chi connectivity index (χ3v) is 3.51. The Labute approximate surface area is 103 Å². The van der Waals surface area contributed by atoms with Crippen molar-refractivity contribution < 1.29 is 18.5 Å². The van der Waals surface area contributed by atoms with Crippen molar-refractivity contribution in [3.8, 4) is 0 Å². The van der Waals surface area contributed by atoms with Gasteiger partial charge in [0.05, 0.1) is 6.61 Å². The van der Waals surface area contributed by atoms with Gasteiger partial charge in [-0.2, -0.15) is 0 Å². The summed E-state index contributed by atoms with van der Waals surface area (Å²) in [6, 6.07) is 7.92. The summed E-state index contributed by atoms with van der Waals surface area (Å²) in [5.74, 6) is 0. The van der Waals surface area contributed by atoms with Crippen LogP contribution >= 0.6 is 23.8 Å². The maximum atomic E-state index is 10.9. The normalized spacial score (nSPS) is 14.7. The fourth-order valence-electron chi connectivity index (χ4n) is 1.16. The molecule has 4 nitrogen and oxygen atoms in total. The molecule has 0 bridgehead atoms. The summed E-state index contributed by atoms with van der Waals surface area (Å²) in [4.78, 5) is 8.96. The average Bonchev–Trinajstić information content (AvgIpc) is 2.27. The number of benzene rings is 1. The second-order valence-corrected chi connectivity index (χ2v) is 5.69. The number of hydrogen-bond acceptors (Lipinski definition) is 3. The molecular formula is C10H14BrO4P. The van der Waals surface area contributed by atoms with Gasteiger partial charge in [-0.05, 0) is 30.5 Å². The van der Waals surface area contributed by atoms with Crippen LogP contribution in [0.5, 0.6) is 0 Å². The monoisotopic (exact) mass is 308 g/mol. The highest BCUT2D eigenvalue weighted by Crippen LogP contribution is 2.41. The maximum absolute atomic E-state index is 10.9. The third-order valence-electron chi connectivity index (χ3n) is 2.01. The minimum atomic E-state index is -3.81. The highest BCUT2D eigenvalue weighted by Gasteiger charge is 2.17. The Balaban J connectivity index is 2.26. The second kappa shape index (κ2) is 6.52. The molecule has 0 aromatic heterocycles. The predicted octanol–water partition coefficient (Wildman–Crippen LogP) is 3.15. The molecule has 1 unspecified atom stereocenters. The van der Waals surface area contributed by atoms with Crippen LogP contribution in [0.15, 0.2) is 28.7 Å². The fraction of sp³-hybridized carbons (Fsp3) is 0.400. The van der Waals surface area contributed by atoms with Crippen molar-refractivity contribution in [1.29, 1.82) is 0 Å². The molecule has 0 amide bonds. The number of phosphoric acid groups is 1.